The Morgan fingerprint density at radius 1 is 1.21 bits per heavy atom. The summed E-state index contributed by atoms with van der Waals surface area (Å²) in [6, 6.07) is 6.76. The largest absolute Gasteiger partial charge is 0.439 e. The van der Waals surface area contributed by atoms with Gasteiger partial charge in [0.2, 0.25) is 5.88 Å². The smallest absolute Gasteiger partial charge is 0.222 e. The van der Waals surface area contributed by atoms with E-state index in [0.717, 1.165) is 17.5 Å². The molecule has 0 bridgehead atoms. The van der Waals surface area contributed by atoms with Gasteiger partial charge >= 0.3 is 0 Å². The van der Waals surface area contributed by atoms with Crippen LogP contribution in [0.2, 0.25) is 0 Å². The third-order valence-corrected chi connectivity index (χ3v) is 2.88. The standard InChI is InChI=1S/C15H17FN2O/c1-10-3-4-13(8-14(10)16)19-15-11(2)7-12(5-6-17)9-18-15/h3-4,7-9H,5-6,17H2,1-2H3. The molecule has 19 heavy (non-hydrogen) atoms. The van der Waals surface area contributed by atoms with E-state index < -0.39 is 0 Å². The quantitative estimate of drug-likeness (QED) is 0.918. The average molecular weight is 260 g/mol. The topological polar surface area (TPSA) is 48.1 Å². The van der Waals surface area contributed by atoms with Crippen molar-refractivity contribution < 1.29 is 9.13 Å². The molecule has 1 aromatic carbocycles. The van der Waals surface area contributed by atoms with E-state index in [9.17, 15) is 4.39 Å². The van der Waals surface area contributed by atoms with E-state index in [1.165, 1.54) is 6.07 Å². The zero-order valence-corrected chi connectivity index (χ0v) is 11.1. The van der Waals surface area contributed by atoms with Gasteiger partial charge in [-0.05, 0) is 50.1 Å². The molecule has 2 N–H and O–H groups in total. The molecule has 0 saturated heterocycles. The Labute approximate surface area is 112 Å². The van der Waals surface area contributed by atoms with Crippen LogP contribution in [0.4, 0.5) is 4.39 Å². The summed E-state index contributed by atoms with van der Waals surface area (Å²) >= 11 is 0. The molecule has 0 aliphatic heterocycles. The van der Waals surface area contributed by atoms with Crippen molar-refractivity contribution in [1.29, 1.82) is 0 Å². The second-order valence-corrected chi connectivity index (χ2v) is 4.52. The molecule has 0 radical (unpaired) electrons. The first-order valence-electron chi connectivity index (χ1n) is 6.19. The summed E-state index contributed by atoms with van der Waals surface area (Å²) in [5.74, 6) is 0.657. The number of benzene rings is 1. The number of ether oxygens (including phenoxy) is 1. The first-order chi connectivity index (χ1) is 9.10. The van der Waals surface area contributed by atoms with Gasteiger partial charge in [-0.2, -0.15) is 0 Å². The van der Waals surface area contributed by atoms with Crippen LogP contribution in [0.15, 0.2) is 30.5 Å². The number of hydrogen-bond donors (Lipinski definition) is 1. The molecule has 0 amide bonds. The third kappa shape index (κ3) is 3.29. The van der Waals surface area contributed by atoms with Crippen molar-refractivity contribution in [2.24, 2.45) is 5.73 Å². The molecule has 2 aromatic rings. The lowest BCUT2D eigenvalue weighted by Gasteiger charge is -2.09. The Morgan fingerprint density at radius 3 is 2.63 bits per heavy atom. The molecule has 0 fully saturated rings. The average Bonchev–Trinajstić information content (AvgIpc) is 2.37. The number of aryl methyl sites for hydroxylation is 2. The van der Waals surface area contributed by atoms with Crippen LogP contribution in [0, 0.1) is 19.7 Å². The van der Waals surface area contributed by atoms with Crippen molar-refractivity contribution >= 4 is 0 Å². The monoisotopic (exact) mass is 260 g/mol. The molecule has 0 spiro atoms. The molecule has 1 aromatic heterocycles. The van der Waals surface area contributed by atoms with E-state index in [4.69, 9.17) is 10.5 Å². The Bertz CT molecular complexity index is 584. The molecule has 100 valence electrons. The van der Waals surface area contributed by atoms with Crippen molar-refractivity contribution in [3.05, 3.63) is 53.0 Å². The molecule has 4 heteroatoms. The van der Waals surface area contributed by atoms with Crippen molar-refractivity contribution in [2.45, 2.75) is 20.3 Å². The van der Waals surface area contributed by atoms with Crippen LogP contribution in [0.25, 0.3) is 0 Å². The van der Waals surface area contributed by atoms with Crippen LogP contribution < -0.4 is 10.5 Å². The number of hydrogen-bond acceptors (Lipinski definition) is 3. The number of rotatable bonds is 4. The summed E-state index contributed by atoms with van der Waals surface area (Å²) < 4.78 is 19.0. The molecule has 2 rings (SSSR count). The van der Waals surface area contributed by atoms with Gasteiger partial charge in [0.1, 0.15) is 11.6 Å². The molecule has 3 nitrogen and oxygen atoms in total. The van der Waals surface area contributed by atoms with Crippen molar-refractivity contribution in [3.8, 4) is 11.6 Å². The second-order valence-electron chi connectivity index (χ2n) is 4.52. The second kappa shape index (κ2) is 5.80. The van der Waals surface area contributed by atoms with Gasteiger partial charge in [-0.15, -0.1) is 0 Å². The van der Waals surface area contributed by atoms with Gasteiger partial charge in [-0.3, -0.25) is 0 Å². The lowest BCUT2D eigenvalue weighted by Crippen LogP contribution is -2.03. The number of nitrogens with two attached hydrogens (primary N) is 1. The molecule has 0 saturated carbocycles. The van der Waals surface area contributed by atoms with Gasteiger partial charge < -0.3 is 10.5 Å². The van der Waals surface area contributed by atoms with E-state index in [0.29, 0.717) is 23.7 Å². The molecule has 1 heterocycles. The summed E-state index contributed by atoms with van der Waals surface area (Å²) in [5, 5.41) is 0. The predicted octanol–water partition coefficient (Wildman–Crippen LogP) is 3.13. The van der Waals surface area contributed by atoms with Gasteiger partial charge in [0.15, 0.2) is 0 Å². The zero-order valence-electron chi connectivity index (χ0n) is 11.1. The van der Waals surface area contributed by atoms with E-state index in [-0.39, 0.29) is 5.82 Å². The van der Waals surface area contributed by atoms with Crippen LogP contribution in [-0.4, -0.2) is 11.5 Å². The van der Waals surface area contributed by atoms with Crippen LogP contribution in [0.1, 0.15) is 16.7 Å². The number of nitrogens with zero attached hydrogens (tertiary/aromatic N) is 1. The highest BCUT2D eigenvalue weighted by atomic mass is 19.1. The normalized spacial score (nSPS) is 10.5. The fraction of sp³-hybridized carbons (Fsp3) is 0.267. The SMILES string of the molecule is Cc1ccc(Oc2ncc(CCN)cc2C)cc1F. The molecular weight excluding hydrogens is 243 g/mol. The highest BCUT2D eigenvalue weighted by molar-refractivity contribution is 5.35. The van der Waals surface area contributed by atoms with Crippen LogP contribution in [0.3, 0.4) is 0 Å². The van der Waals surface area contributed by atoms with Crippen LogP contribution in [0.5, 0.6) is 11.6 Å². The minimum absolute atomic E-state index is 0.282. The summed E-state index contributed by atoms with van der Waals surface area (Å²) in [5.41, 5.74) is 8.08. The maximum absolute atomic E-state index is 13.4. The Kier molecular flexibility index (Phi) is 4.12. The van der Waals surface area contributed by atoms with Crippen molar-refractivity contribution in [1.82, 2.24) is 4.98 Å². The summed E-state index contributed by atoms with van der Waals surface area (Å²) in [4.78, 5) is 4.24. The summed E-state index contributed by atoms with van der Waals surface area (Å²) in [7, 11) is 0. The summed E-state index contributed by atoms with van der Waals surface area (Å²) in [6.07, 6.45) is 2.52. The van der Waals surface area contributed by atoms with Crippen LogP contribution in [-0.2, 0) is 6.42 Å². The molecular formula is C15H17FN2O. The van der Waals surface area contributed by atoms with E-state index in [1.807, 2.05) is 13.0 Å². The fourth-order valence-electron chi connectivity index (χ4n) is 1.78. The highest BCUT2D eigenvalue weighted by Crippen LogP contribution is 2.24. The predicted molar refractivity (Wildman–Crippen MR) is 72.9 cm³/mol. The van der Waals surface area contributed by atoms with Gasteiger partial charge in [-0.25, -0.2) is 9.37 Å². The zero-order chi connectivity index (χ0) is 13.8. The number of pyridine rings is 1. The lowest BCUT2D eigenvalue weighted by atomic mass is 10.1. The molecule has 0 aliphatic carbocycles. The van der Waals surface area contributed by atoms with Gasteiger partial charge in [0.25, 0.3) is 0 Å². The van der Waals surface area contributed by atoms with Crippen molar-refractivity contribution in [2.75, 3.05) is 6.54 Å². The Balaban J connectivity index is 2.20. The summed E-state index contributed by atoms with van der Waals surface area (Å²) in [6.45, 7) is 4.21. The van der Waals surface area contributed by atoms with Crippen LogP contribution >= 0.6 is 0 Å². The highest BCUT2D eigenvalue weighted by Gasteiger charge is 2.06. The first kappa shape index (κ1) is 13.5. The number of aromatic nitrogens is 1. The minimum Gasteiger partial charge on any atom is -0.439 e. The third-order valence-electron chi connectivity index (χ3n) is 2.88. The lowest BCUT2D eigenvalue weighted by molar-refractivity contribution is 0.453. The minimum atomic E-state index is -0.282. The molecule has 0 unspecified atom stereocenters. The van der Waals surface area contributed by atoms with Gasteiger partial charge in [0.05, 0.1) is 0 Å². The molecule has 0 aliphatic rings. The van der Waals surface area contributed by atoms with Gasteiger partial charge in [0, 0.05) is 17.8 Å². The Morgan fingerprint density at radius 2 is 2.00 bits per heavy atom. The first-order valence-corrected chi connectivity index (χ1v) is 6.19. The van der Waals surface area contributed by atoms with Gasteiger partial charge in [-0.1, -0.05) is 6.07 Å². The maximum atomic E-state index is 13.4. The fourth-order valence-corrected chi connectivity index (χ4v) is 1.78. The van der Waals surface area contributed by atoms with E-state index >= 15 is 0 Å². The maximum Gasteiger partial charge on any atom is 0.222 e. The van der Waals surface area contributed by atoms with Crippen molar-refractivity contribution in [3.63, 3.8) is 0 Å². The van der Waals surface area contributed by atoms with E-state index in [1.54, 1.807) is 25.3 Å². The molecule has 0 atom stereocenters. The Hall–Kier alpha value is -1.94. The van der Waals surface area contributed by atoms with E-state index in [2.05, 4.69) is 4.98 Å². The number of halogens is 1.